The van der Waals surface area contributed by atoms with Gasteiger partial charge in [-0.15, -0.1) is 0 Å². The van der Waals surface area contributed by atoms with Gasteiger partial charge in [0, 0.05) is 12.2 Å². The molecule has 0 aliphatic carbocycles. The third-order valence-electron chi connectivity index (χ3n) is 2.92. The summed E-state index contributed by atoms with van der Waals surface area (Å²) in [5.74, 6) is -0.392. The zero-order chi connectivity index (χ0) is 14.7. The van der Waals surface area contributed by atoms with Crippen LogP contribution >= 0.6 is 0 Å². The maximum Gasteiger partial charge on any atom is 0.250 e. The molecule has 1 aromatic carbocycles. The van der Waals surface area contributed by atoms with Crippen molar-refractivity contribution >= 4 is 23.1 Å². The largest absolute Gasteiger partial charge is 0.397 e. The second-order valence-electron chi connectivity index (χ2n) is 4.21. The first-order valence-corrected chi connectivity index (χ1v) is 6.11. The lowest BCUT2D eigenvalue weighted by atomic mass is 10.2. The molecular weight excluding hydrogens is 259 g/mol. The first-order chi connectivity index (χ1) is 9.52. The summed E-state index contributed by atoms with van der Waals surface area (Å²) in [6, 6.07) is 7.54. The van der Waals surface area contributed by atoms with Crippen molar-refractivity contribution in [3.8, 4) is 0 Å². The average Bonchev–Trinajstić information content (AvgIpc) is 2.43. The Bertz CT molecular complexity index is 628. The zero-order valence-corrected chi connectivity index (χ0v) is 11.0. The summed E-state index contributed by atoms with van der Waals surface area (Å²) < 4.78 is 13.0. The number of benzene rings is 1. The molecule has 5 nitrogen and oxygen atoms in total. The van der Waals surface area contributed by atoms with Crippen molar-refractivity contribution in [3.63, 3.8) is 0 Å². The van der Waals surface area contributed by atoms with E-state index < -0.39 is 5.91 Å². The number of halogens is 1. The summed E-state index contributed by atoms with van der Waals surface area (Å²) in [5, 5.41) is 0. The lowest BCUT2D eigenvalue weighted by Crippen LogP contribution is -2.20. The van der Waals surface area contributed by atoms with E-state index in [9.17, 15) is 9.18 Å². The van der Waals surface area contributed by atoms with E-state index in [-0.39, 0.29) is 17.1 Å². The number of hydrogen-bond donors (Lipinski definition) is 2. The molecule has 2 rings (SSSR count). The Kier molecular flexibility index (Phi) is 3.84. The fraction of sp³-hybridized carbons (Fsp3) is 0.143. The number of amides is 1. The number of carbonyl (C=O) groups excluding carboxylic acids is 1. The van der Waals surface area contributed by atoms with E-state index in [4.69, 9.17) is 11.5 Å². The molecule has 1 heterocycles. The summed E-state index contributed by atoms with van der Waals surface area (Å²) in [6.45, 7) is 2.52. The van der Waals surface area contributed by atoms with Gasteiger partial charge in [0.2, 0.25) is 0 Å². The van der Waals surface area contributed by atoms with E-state index >= 15 is 0 Å². The fourth-order valence-electron chi connectivity index (χ4n) is 1.91. The number of nitrogen functional groups attached to an aromatic ring is 1. The fourth-order valence-corrected chi connectivity index (χ4v) is 1.91. The summed E-state index contributed by atoms with van der Waals surface area (Å²) in [7, 11) is 0. The van der Waals surface area contributed by atoms with Crippen LogP contribution in [0.15, 0.2) is 36.5 Å². The number of rotatable bonds is 4. The maximum absolute atomic E-state index is 13.0. The van der Waals surface area contributed by atoms with Gasteiger partial charge < -0.3 is 16.4 Å². The molecule has 6 heteroatoms. The Morgan fingerprint density at radius 2 is 2.00 bits per heavy atom. The van der Waals surface area contributed by atoms with Crippen molar-refractivity contribution in [2.45, 2.75) is 6.92 Å². The van der Waals surface area contributed by atoms with Crippen molar-refractivity contribution < 1.29 is 9.18 Å². The van der Waals surface area contributed by atoms with Gasteiger partial charge in [-0.1, -0.05) is 0 Å². The molecule has 0 atom stereocenters. The molecule has 0 fully saturated rings. The SMILES string of the molecule is CCN(c1ccc(F)cc1)c1cc(C(N)=O)c(N)cn1. The highest BCUT2D eigenvalue weighted by atomic mass is 19.1. The number of nitrogens with zero attached hydrogens (tertiary/aromatic N) is 2. The molecule has 4 N–H and O–H groups in total. The van der Waals surface area contributed by atoms with Crippen molar-refractivity contribution in [3.05, 3.63) is 47.9 Å². The van der Waals surface area contributed by atoms with E-state index in [2.05, 4.69) is 4.98 Å². The Hall–Kier alpha value is -2.63. The van der Waals surface area contributed by atoms with Gasteiger partial charge >= 0.3 is 0 Å². The highest BCUT2D eigenvalue weighted by Gasteiger charge is 2.13. The average molecular weight is 274 g/mol. The number of anilines is 3. The molecule has 1 aromatic heterocycles. The summed E-state index contributed by atoms with van der Waals surface area (Å²) in [4.78, 5) is 17.3. The van der Waals surface area contributed by atoms with Crippen LogP contribution in [0, 0.1) is 5.82 Å². The van der Waals surface area contributed by atoms with Crippen LogP contribution < -0.4 is 16.4 Å². The van der Waals surface area contributed by atoms with Gasteiger partial charge in [-0.3, -0.25) is 4.79 Å². The minimum Gasteiger partial charge on any atom is -0.397 e. The monoisotopic (exact) mass is 274 g/mol. The molecule has 104 valence electrons. The van der Waals surface area contributed by atoms with Gasteiger partial charge in [-0.05, 0) is 37.3 Å². The molecule has 0 saturated carbocycles. The number of nitrogens with two attached hydrogens (primary N) is 2. The minimum absolute atomic E-state index is 0.218. The highest BCUT2D eigenvalue weighted by molar-refractivity contribution is 5.98. The van der Waals surface area contributed by atoms with Gasteiger partial charge in [0.15, 0.2) is 0 Å². The molecule has 0 saturated heterocycles. The van der Waals surface area contributed by atoms with Crippen LogP contribution in [0.5, 0.6) is 0 Å². The van der Waals surface area contributed by atoms with Crippen LogP contribution in [0.4, 0.5) is 21.6 Å². The van der Waals surface area contributed by atoms with Crippen LogP contribution in [0.2, 0.25) is 0 Å². The molecule has 0 aliphatic rings. The summed E-state index contributed by atoms with van der Waals surface area (Å²) in [5.41, 5.74) is 12.1. The second-order valence-corrected chi connectivity index (χ2v) is 4.21. The van der Waals surface area contributed by atoms with E-state index in [1.54, 1.807) is 12.1 Å². The topological polar surface area (TPSA) is 85.2 Å². The maximum atomic E-state index is 13.0. The Morgan fingerprint density at radius 1 is 1.35 bits per heavy atom. The molecular formula is C14H15FN4O. The Morgan fingerprint density at radius 3 is 2.55 bits per heavy atom. The lowest BCUT2D eigenvalue weighted by molar-refractivity contribution is 0.100. The van der Waals surface area contributed by atoms with Crippen LogP contribution in [-0.2, 0) is 0 Å². The van der Waals surface area contributed by atoms with Crippen molar-refractivity contribution in [2.75, 3.05) is 17.2 Å². The molecule has 2 aromatic rings. The quantitative estimate of drug-likeness (QED) is 0.893. The standard InChI is InChI=1S/C14H15FN4O/c1-2-19(10-5-3-9(15)4-6-10)13-7-11(14(17)20)12(16)8-18-13/h3-8H,2,16H2,1H3,(H2,17,20). The molecule has 0 unspecified atom stereocenters. The molecule has 0 bridgehead atoms. The van der Waals surface area contributed by atoms with E-state index in [1.807, 2.05) is 11.8 Å². The van der Waals surface area contributed by atoms with Crippen molar-refractivity contribution in [1.82, 2.24) is 4.98 Å². The molecule has 0 aliphatic heterocycles. The van der Waals surface area contributed by atoms with Gasteiger partial charge in [-0.2, -0.15) is 0 Å². The first kappa shape index (κ1) is 13.8. The van der Waals surface area contributed by atoms with Gasteiger partial charge in [0.25, 0.3) is 5.91 Å². The second kappa shape index (κ2) is 5.56. The predicted molar refractivity (Wildman–Crippen MR) is 76.2 cm³/mol. The Labute approximate surface area is 116 Å². The van der Waals surface area contributed by atoms with E-state index in [0.29, 0.717) is 12.4 Å². The predicted octanol–water partition coefficient (Wildman–Crippen LogP) is 2.06. The molecule has 0 radical (unpaired) electrons. The van der Waals surface area contributed by atoms with Gasteiger partial charge in [0.05, 0.1) is 17.4 Å². The Balaban J connectivity index is 2.44. The molecule has 1 amide bonds. The number of pyridine rings is 1. The van der Waals surface area contributed by atoms with Crippen LogP contribution in [0.3, 0.4) is 0 Å². The summed E-state index contributed by atoms with van der Waals surface area (Å²) in [6.07, 6.45) is 1.39. The van der Waals surface area contributed by atoms with Gasteiger partial charge in [-0.25, -0.2) is 9.37 Å². The van der Waals surface area contributed by atoms with Crippen LogP contribution in [0.1, 0.15) is 17.3 Å². The lowest BCUT2D eigenvalue weighted by Gasteiger charge is -2.22. The minimum atomic E-state index is -0.610. The normalized spacial score (nSPS) is 10.3. The van der Waals surface area contributed by atoms with E-state index in [1.165, 1.54) is 24.4 Å². The number of carbonyl (C=O) groups is 1. The number of hydrogen-bond acceptors (Lipinski definition) is 4. The van der Waals surface area contributed by atoms with Crippen LogP contribution in [-0.4, -0.2) is 17.4 Å². The van der Waals surface area contributed by atoms with Crippen LogP contribution in [0.25, 0.3) is 0 Å². The zero-order valence-electron chi connectivity index (χ0n) is 11.0. The first-order valence-electron chi connectivity index (χ1n) is 6.11. The van der Waals surface area contributed by atoms with Crippen molar-refractivity contribution in [2.24, 2.45) is 5.73 Å². The highest BCUT2D eigenvalue weighted by Crippen LogP contribution is 2.25. The third-order valence-corrected chi connectivity index (χ3v) is 2.92. The van der Waals surface area contributed by atoms with Crippen molar-refractivity contribution in [1.29, 1.82) is 0 Å². The number of primary amides is 1. The number of aromatic nitrogens is 1. The summed E-state index contributed by atoms with van der Waals surface area (Å²) >= 11 is 0. The molecule has 0 spiro atoms. The molecule has 20 heavy (non-hydrogen) atoms. The third kappa shape index (κ3) is 2.69. The smallest absolute Gasteiger partial charge is 0.250 e. The van der Waals surface area contributed by atoms with E-state index in [0.717, 1.165) is 5.69 Å². The van der Waals surface area contributed by atoms with Gasteiger partial charge in [0.1, 0.15) is 11.6 Å².